The van der Waals surface area contributed by atoms with Gasteiger partial charge in [-0.3, -0.25) is 24.5 Å². The number of rotatable bonds is 15. The highest BCUT2D eigenvalue weighted by Gasteiger charge is 2.40. The van der Waals surface area contributed by atoms with E-state index in [1.54, 1.807) is 17.3 Å². The van der Waals surface area contributed by atoms with Gasteiger partial charge in [0, 0.05) is 90.5 Å². The molecule has 1 atom stereocenters. The summed E-state index contributed by atoms with van der Waals surface area (Å²) in [6.45, 7) is 10.3. The van der Waals surface area contributed by atoms with Crippen molar-refractivity contribution in [3.8, 4) is 11.1 Å². The fraction of sp³-hybridized carbons (Fsp3) is 0.370. The van der Waals surface area contributed by atoms with Crippen molar-refractivity contribution >= 4 is 62.8 Å². The summed E-state index contributed by atoms with van der Waals surface area (Å²) in [4.78, 5) is 70.7. The number of carbonyl (C=O) groups excluding carboxylic acids is 4. The van der Waals surface area contributed by atoms with Crippen molar-refractivity contribution < 1.29 is 23.7 Å². The number of ketones is 1. The highest BCUT2D eigenvalue weighted by Crippen LogP contribution is 2.42. The normalized spacial score (nSPS) is 16.3. The molecule has 3 aliphatic rings. The molecule has 2 aromatic carbocycles. The van der Waals surface area contributed by atoms with Crippen molar-refractivity contribution in [2.24, 2.45) is 0 Å². The minimum Gasteiger partial charge on any atom is -0.385 e. The van der Waals surface area contributed by atoms with E-state index in [4.69, 9.17) is 19.6 Å². The van der Waals surface area contributed by atoms with Crippen LogP contribution in [0.25, 0.3) is 33.1 Å². The molecule has 3 amide bonds. The number of nitrogens with one attached hydrogen (secondary N) is 4. The molecule has 322 valence electrons. The third-order valence-electron chi connectivity index (χ3n) is 12.5. The monoisotopic (exact) mass is 848 g/mol. The van der Waals surface area contributed by atoms with Crippen molar-refractivity contribution in [1.29, 1.82) is 0 Å². The Bertz CT molecular complexity index is 2970. The Morgan fingerprint density at radius 1 is 1.03 bits per heavy atom. The number of imide groups is 1. The first kappa shape index (κ1) is 39.9. The molecular formula is C46H48N12O5. The van der Waals surface area contributed by atoms with Gasteiger partial charge in [0.05, 0.1) is 28.8 Å². The molecule has 1 saturated heterocycles. The average Bonchev–Trinajstić information content (AvgIpc) is 3.52. The van der Waals surface area contributed by atoms with Crippen LogP contribution in [0.15, 0.2) is 53.4 Å². The lowest BCUT2D eigenvalue weighted by Crippen LogP contribution is -2.52. The van der Waals surface area contributed by atoms with Gasteiger partial charge in [0.1, 0.15) is 29.1 Å². The van der Waals surface area contributed by atoms with E-state index >= 15 is 0 Å². The van der Waals surface area contributed by atoms with Crippen LogP contribution in [-0.4, -0.2) is 80.4 Å². The summed E-state index contributed by atoms with van der Waals surface area (Å²) in [5.41, 5.74) is 9.37. The Labute approximate surface area is 362 Å². The van der Waals surface area contributed by atoms with E-state index < -0.39 is 11.9 Å². The van der Waals surface area contributed by atoms with Gasteiger partial charge in [0.2, 0.25) is 17.6 Å². The van der Waals surface area contributed by atoms with Crippen molar-refractivity contribution in [2.45, 2.75) is 104 Å². The quantitative estimate of drug-likeness (QED) is 0.0477. The molecule has 7 aromatic rings. The number of imidazole rings is 1. The molecule has 7 heterocycles. The van der Waals surface area contributed by atoms with Crippen LogP contribution in [0.4, 0.5) is 17.3 Å². The Hall–Kier alpha value is -7.17. The van der Waals surface area contributed by atoms with Crippen LogP contribution in [0.1, 0.15) is 106 Å². The topological polar surface area (TPSA) is 211 Å². The molecule has 1 saturated carbocycles. The number of H-pyrrole nitrogens is 1. The maximum Gasteiger partial charge on any atom is 0.255 e. The first-order valence-corrected chi connectivity index (χ1v) is 21.7. The van der Waals surface area contributed by atoms with E-state index in [1.165, 1.54) is 0 Å². The number of fused-ring (bicyclic) bond motifs is 4. The number of amides is 3. The molecule has 1 unspecified atom stereocenters. The number of benzene rings is 2. The lowest BCUT2D eigenvalue weighted by Gasteiger charge is -2.29. The SMILES string of the molecule is CCn1nc(C2CC2)cc1Nc1nc(C(=O)CCc2cn(CCCNc3cccc4c3CN(C3CCC(=O)NC3=O)C4=O)cn2)nc2[nH]c3cc(-c4c(C)noc4C)c(C)cc3c12. The number of anilines is 3. The fourth-order valence-corrected chi connectivity index (χ4v) is 9.03. The van der Waals surface area contributed by atoms with Crippen LogP contribution in [0, 0.1) is 20.8 Å². The van der Waals surface area contributed by atoms with E-state index in [0.29, 0.717) is 62.0 Å². The number of aromatic amines is 1. The number of nitrogens with zero attached hydrogens (tertiary/aromatic N) is 8. The predicted octanol–water partition coefficient (Wildman–Crippen LogP) is 6.80. The third kappa shape index (κ3) is 7.50. The van der Waals surface area contributed by atoms with Crippen LogP contribution in [-0.2, 0) is 35.6 Å². The standard InChI is InChI=1S/C46H48N12O5/c1-5-58-38(20-34(54-58)27-10-11-27)50-44-41-31-18-24(2)30(40-25(3)55-63-26(40)4)19-35(31)49-43(41)52-42(53-44)37(59)14-12-28-21-56(23-48-28)17-7-16-47-33-9-6-8-29-32(33)22-57(46(29)62)36-13-15-39(60)51-45(36)61/h6,8-9,18-21,23,27,36,47H,5,7,10-17,22H2,1-4H3,(H,51,60,61)(H2,49,50,52,53). The van der Waals surface area contributed by atoms with Crippen molar-refractivity contribution in [3.05, 3.63) is 94.3 Å². The van der Waals surface area contributed by atoms with Gasteiger partial charge in [-0.2, -0.15) is 5.10 Å². The summed E-state index contributed by atoms with van der Waals surface area (Å²) < 4.78 is 9.46. The maximum absolute atomic E-state index is 13.9. The largest absolute Gasteiger partial charge is 0.385 e. The molecule has 2 aliphatic heterocycles. The zero-order chi connectivity index (χ0) is 43.5. The molecule has 1 aliphatic carbocycles. The number of piperidine rings is 1. The highest BCUT2D eigenvalue weighted by atomic mass is 16.5. The average molecular weight is 849 g/mol. The number of hydrogen-bond acceptors (Lipinski definition) is 12. The van der Waals surface area contributed by atoms with Gasteiger partial charge in [-0.05, 0) is 95.2 Å². The van der Waals surface area contributed by atoms with Crippen molar-refractivity contribution in [2.75, 3.05) is 17.2 Å². The molecule has 0 bridgehead atoms. The molecule has 5 aromatic heterocycles. The number of aromatic nitrogens is 8. The second-order valence-electron chi connectivity index (χ2n) is 16.9. The van der Waals surface area contributed by atoms with E-state index in [2.05, 4.69) is 63.1 Å². The fourth-order valence-electron chi connectivity index (χ4n) is 9.03. The first-order chi connectivity index (χ1) is 30.5. The molecule has 10 rings (SSSR count). The van der Waals surface area contributed by atoms with Gasteiger partial charge in [-0.15, -0.1) is 0 Å². The first-order valence-electron chi connectivity index (χ1n) is 21.7. The Morgan fingerprint density at radius 2 is 1.89 bits per heavy atom. The van der Waals surface area contributed by atoms with E-state index in [-0.39, 0.29) is 36.3 Å². The number of carbonyl (C=O) groups is 4. The summed E-state index contributed by atoms with van der Waals surface area (Å²) in [6.07, 6.45) is 7.90. The molecule has 0 spiro atoms. The smallest absolute Gasteiger partial charge is 0.255 e. The summed E-state index contributed by atoms with van der Waals surface area (Å²) in [5, 5.41) is 20.2. The Balaban J connectivity index is 0.827. The van der Waals surface area contributed by atoms with Crippen LogP contribution >= 0.6 is 0 Å². The van der Waals surface area contributed by atoms with Crippen LogP contribution < -0.4 is 16.0 Å². The summed E-state index contributed by atoms with van der Waals surface area (Å²) in [6, 6.07) is 11.2. The predicted molar refractivity (Wildman–Crippen MR) is 235 cm³/mol. The Morgan fingerprint density at radius 3 is 2.67 bits per heavy atom. The number of hydrogen-bond donors (Lipinski definition) is 4. The summed E-state index contributed by atoms with van der Waals surface area (Å²) in [5.74, 6) is 1.56. The van der Waals surface area contributed by atoms with Crippen LogP contribution in [0.2, 0.25) is 0 Å². The number of aryl methyl sites for hydroxylation is 6. The van der Waals surface area contributed by atoms with Gasteiger partial charge in [-0.25, -0.2) is 19.6 Å². The molecule has 0 radical (unpaired) electrons. The van der Waals surface area contributed by atoms with E-state index in [1.807, 2.05) is 41.4 Å². The lowest BCUT2D eigenvalue weighted by atomic mass is 9.97. The minimum absolute atomic E-state index is 0.115. The highest BCUT2D eigenvalue weighted by molar-refractivity contribution is 6.14. The van der Waals surface area contributed by atoms with Gasteiger partial charge in [0.15, 0.2) is 5.82 Å². The molecule has 17 heteroatoms. The zero-order valence-corrected chi connectivity index (χ0v) is 35.7. The summed E-state index contributed by atoms with van der Waals surface area (Å²) >= 11 is 0. The third-order valence-corrected chi connectivity index (χ3v) is 12.5. The van der Waals surface area contributed by atoms with Gasteiger partial charge in [-0.1, -0.05) is 11.2 Å². The van der Waals surface area contributed by atoms with Gasteiger partial charge < -0.3 is 29.6 Å². The van der Waals surface area contributed by atoms with E-state index in [0.717, 1.165) is 92.2 Å². The Kier molecular flexibility index (Phi) is 10.1. The van der Waals surface area contributed by atoms with Crippen molar-refractivity contribution in [1.82, 2.24) is 49.7 Å². The second-order valence-corrected chi connectivity index (χ2v) is 16.9. The van der Waals surface area contributed by atoms with E-state index in [9.17, 15) is 19.2 Å². The van der Waals surface area contributed by atoms with Crippen LogP contribution in [0.5, 0.6) is 0 Å². The maximum atomic E-state index is 13.9. The molecule has 4 N–H and O–H groups in total. The van der Waals surface area contributed by atoms with Crippen LogP contribution in [0.3, 0.4) is 0 Å². The summed E-state index contributed by atoms with van der Waals surface area (Å²) in [7, 11) is 0. The zero-order valence-electron chi connectivity index (χ0n) is 35.7. The molecular weight excluding hydrogens is 801 g/mol. The van der Waals surface area contributed by atoms with Crippen molar-refractivity contribution in [3.63, 3.8) is 0 Å². The molecule has 17 nitrogen and oxygen atoms in total. The lowest BCUT2D eigenvalue weighted by molar-refractivity contribution is -0.136. The minimum atomic E-state index is -0.659. The molecule has 2 fully saturated rings. The molecule has 63 heavy (non-hydrogen) atoms. The van der Waals surface area contributed by atoms with Gasteiger partial charge in [0.25, 0.3) is 5.91 Å². The van der Waals surface area contributed by atoms with Gasteiger partial charge >= 0.3 is 0 Å². The second kappa shape index (κ2) is 15.9. The number of Topliss-reactive ketones (excluding diaryl/α,β-unsaturated/α-hetero) is 1.